The fraction of sp³-hybridized carbons (Fsp3) is 1.00. The maximum absolute atomic E-state index is 3.70. The van der Waals surface area contributed by atoms with Gasteiger partial charge < -0.3 is 0 Å². The Morgan fingerprint density at radius 3 is 0.944 bits per heavy atom. The Kier molecular flexibility index (Phi) is 9.32. The summed E-state index contributed by atoms with van der Waals surface area (Å²) in [5, 5.41) is 0. The van der Waals surface area contributed by atoms with Gasteiger partial charge in [-0.3, -0.25) is 0 Å². The molecule has 0 heterocycles. The molecule has 0 aromatic rings. The predicted molar refractivity (Wildman–Crippen MR) is 119 cm³/mol. The summed E-state index contributed by atoms with van der Waals surface area (Å²) in [4.78, 5) is 0. The summed E-state index contributed by atoms with van der Waals surface area (Å²) in [6, 6.07) is 0. The lowest BCUT2D eigenvalue weighted by Crippen LogP contribution is -2.67. The predicted octanol–water partition coefficient (Wildman–Crippen LogP) is 8.85. The second-order valence-corrected chi connectivity index (χ2v) is 21.2. The van der Waals surface area contributed by atoms with E-state index in [1.165, 1.54) is 0 Å². The molecule has 1 rings (SSSR count). The van der Waals surface area contributed by atoms with E-state index in [1.807, 2.05) is 13.8 Å². The van der Waals surface area contributed by atoms with Crippen molar-refractivity contribution >= 4 is 159 Å². The van der Waals surface area contributed by atoms with Crippen LogP contribution < -0.4 is 0 Å². The van der Waals surface area contributed by atoms with E-state index in [-0.39, 0.29) is 0 Å². The summed E-state index contributed by atoms with van der Waals surface area (Å²) in [6.07, 6.45) is 0.728. The molecule has 0 saturated heterocycles. The summed E-state index contributed by atoms with van der Waals surface area (Å²) in [5.41, 5.74) is 0. The first kappa shape index (κ1) is 22.8. The van der Waals surface area contributed by atoms with E-state index in [0.717, 1.165) is 6.42 Å². The van der Waals surface area contributed by atoms with Gasteiger partial charge in [-0.1, -0.05) is 173 Å². The normalized spacial score (nSPS) is 30.0. The third-order valence-electron chi connectivity index (χ3n) is 2.15. The van der Waals surface area contributed by atoms with Gasteiger partial charge >= 0.3 is 0 Å². The van der Waals surface area contributed by atoms with Crippen LogP contribution in [-0.4, -0.2) is 16.2 Å². The third kappa shape index (κ3) is 3.72. The standard InChI is InChI=1S/C6H2Br10.C2H6/c7-2(8)1-3(9,10)5(13,14)6(15,16)4(2,11)12;1-2/h1H2;1-2H3. The molecule has 1 fully saturated rings. The van der Waals surface area contributed by atoms with Crippen LogP contribution in [-0.2, 0) is 0 Å². The van der Waals surface area contributed by atoms with Crippen molar-refractivity contribution in [2.45, 2.75) is 36.4 Å². The largest absolute Gasteiger partial charge is 0.135 e. The zero-order chi connectivity index (χ0) is 15.2. The molecule has 1 aliphatic carbocycles. The van der Waals surface area contributed by atoms with E-state index < -0.39 is 16.2 Å². The van der Waals surface area contributed by atoms with Crippen molar-refractivity contribution in [3.63, 3.8) is 0 Å². The van der Waals surface area contributed by atoms with Gasteiger partial charge in [0.05, 0.1) is 0 Å². The molecular weight excluding hydrogens is 895 g/mol. The van der Waals surface area contributed by atoms with Gasteiger partial charge in [-0.15, -0.1) is 0 Å². The molecule has 0 bridgehead atoms. The Bertz CT molecular complexity index is 277. The van der Waals surface area contributed by atoms with E-state index in [1.54, 1.807) is 0 Å². The molecule has 0 aliphatic heterocycles. The minimum absolute atomic E-state index is 0.391. The smallest absolute Gasteiger partial charge is 0.0700 e. The quantitative estimate of drug-likeness (QED) is 0.214. The summed E-state index contributed by atoms with van der Waals surface area (Å²) < 4.78 is -2.34. The van der Waals surface area contributed by atoms with Crippen LogP contribution in [0.4, 0.5) is 0 Å². The number of alkyl halides is 10. The summed E-state index contributed by atoms with van der Waals surface area (Å²) >= 11 is 36.9. The molecule has 0 N–H and O–H groups in total. The molecule has 0 nitrogen and oxygen atoms in total. The second kappa shape index (κ2) is 7.36. The molecule has 0 spiro atoms. The molecule has 1 aliphatic rings. The Morgan fingerprint density at radius 1 is 0.500 bits per heavy atom. The summed E-state index contributed by atoms with van der Waals surface area (Å²) in [7, 11) is 0. The average Bonchev–Trinajstić information content (AvgIpc) is 2.16. The lowest BCUT2D eigenvalue weighted by atomic mass is 9.99. The molecule has 0 atom stereocenters. The van der Waals surface area contributed by atoms with Gasteiger partial charge in [-0.2, -0.15) is 0 Å². The lowest BCUT2D eigenvalue weighted by Gasteiger charge is -2.58. The van der Waals surface area contributed by atoms with Crippen molar-refractivity contribution in [2.75, 3.05) is 0 Å². The SMILES string of the molecule is BrC1(Br)CC(Br)(Br)C(Br)(Br)C(Br)(Br)C1(Br)Br.CC. The Balaban J connectivity index is 0.00000137. The van der Waals surface area contributed by atoms with Crippen LogP contribution in [0.3, 0.4) is 0 Å². The number of halogens is 10. The molecule has 0 unspecified atom stereocenters. The zero-order valence-electron chi connectivity index (χ0n) is 8.99. The van der Waals surface area contributed by atoms with Crippen LogP contribution >= 0.6 is 159 Å². The second-order valence-electron chi connectivity index (χ2n) is 3.31. The van der Waals surface area contributed by atoms with Crippen LogP contribution in [0.1, 0.15) is 20.3 Å². The van der Waals surface area contributed by atoms with Crippen LogP contribution in [0.5, 0.6) is 0 Å². The van der Waals surface area contributed by atoms with Gasteiger partial charge in [0.1, 0.15) is 16.2 Å². The topological polar surface area (TPSA) is 0 Å². The molecule has 0 amide bonds. The first-order chi connectivity index (χ1) is 7.71. The highest BCUT2D eigenvalue weighted by molar-refractivity contribution is 9.35. The highest BCUT2D eigenvalue weighted by Gasteiger charge is 2.75. The average molecular weight is 903 g/mol. The monoisotopic (exact) mass is 893 g/mol. The molecule has 1 saturated carbocycles. The van der Waals surface area contributed by atoms with Crippen LogP contribution in [0.15, 0.2) is 0 Å². The minimum Gasteiger partial charge on any atom is -0.0700 e. The first-order valence-electron chi connectivity index (χ1n) is 4.60. The van der Waals surface area contributed by atoms with E-state index in [9.17, 15) is 0 Å². The molecule has 18 heavy (non-hydrogen) atoms. The summed E-state index contributed by atoms with van der Waals surface area (Å²) in [5.74, 6) is 0. The van der Waals surface area contributed by atoms with Crippen molar-refractivity contribution < 1.29 is 0 Å². The van der Waals surface area contributed by atoms with Crippen molar-refractivity contribution in [1.29, 1.82) is 0 Å². The Labute approximate surface area is 192 Å². The van der Waals surface area contributed by atoms with Crippen molar-refractivity contribution in [3.05, 3.63) is 0 Å². The van der Waals surface area contributed by atoms with E-state index in [4.69, 9.17) is 0 Å². The minimum atomic E-state index is -0.557. The lowest BCUT2D eigenvalue weighted by molar-refractivity contribution is 0.497. The maximum Gasteiger partial charge on any atom is 0.135 e. The highest BCUT2D eigenvalue weighted by atomic mass is 79.9. The van der Waals surface area contributed by atoms with Gasteiger partial charge in [0.15, 0.2) is 0 Å². The zero-order valence-corrected chi connectivity index (χ0v) is 24.8. The molecular formula is C8H8Br10. The van der Waals surface area contributed by atoms with Gasteiger partial charge in [-0.25, -0.2) is 0 Å². The Hall–Kier alpha value is 4.80. The molecule has 0 aromatic heterocycles. The number of rotatable bonds is 0. The highest BCUT2D eigenvalue weighted by Crippen LogP contribution is 2.77. The van der Waals surface area contributed by atoms with Gasteiger partial charge in [0.25, 0.3) is 0 Å². The molecule has 110 valence electrons. The molecule has 0 radical (unpaired) electrons. The first-order valence-corrected chi connectivity index (χ1v) is 12.5. The van der Waals surface area contributed by atoms with Crippen molar-refractivity contribution in [1.82, 2.24) is 0 Å². The van der Waals surface area contributed by atoms with Crippen molar-refractivity contribution in [2.24, 2.45) is 0 Å². The van der Waals surface area contributed by atoms with E-state index >= 15 is 0 Å². The third-order valence-corrected chi connectivity index (χ3v) is 21.6. The van der Waals surface area contributed by atoms with Crippen LogP contribution in [0, 0.1) is 0 Å². The fourth-order valence-electron chi connectivity index (χ4n) is 1.16. The van der Waals surface area contributed by atoms with E-state index in [2.05, 4.69) is 159 Å². The Morgan fingerprint density at radius 2 is 0.722 bits per heavy atom. The van der Waals surface area contributed by atoms with Crippen LogP contribution in [0.2, 0.25) is 0 Å². The molecule has 10 heteroatoms. The summed E-state index contributed by atoms with van der Waals surface area (Å²) in [6.45, 7) is 4.00. The fourth-order valence-corrected chi connectivity index (χ4v) is 11.8. The van der Waals surface area contributed by atoms with Gasteiger partial charge in [-0.05, 0) is 0 Å². The van der Waals surface area contributed by atoms with Gasteiger partial charge in [0, 0.05) is 6.42 Å². The van der Waals surface area contributed by atoms with Crippen LogP contribution in [0.25, 0.3) is 0 Å². The van der Waals surface area contributed by atoms with E-state index in [0.29, 0.717) is 0 Å². The number of hydrogen-bond acceptors (Lipinski definition) is 0. The van der Waals surface area contributed by atoms with Gasteiger partial charge in [0.2, 0.25) is 0 Å². The molecule has 0 aromatic carbocycles. The number of hydrogen-bond donors (Lipinski definition) is 0. The maximum atomic E-state index is 3.70. The van der Waals surface area contributed by atoms with Crippen molar-refractivity contribution in [3.8, 4) is 0 Å².